The number of nitrogens with one attached hydrogen (secondary N) is 2. The van der Waals surface area contributed by atoms with Crippen molar-refractivity contribution in [2.24, 2.45) is 10.2 Å². The lowest BCUT2D eigenvalue weighted by Crippen LogP contribution is -2.19. The fourth-order valence-electron chi connectivity index (χ4n) is 5.24. The van der Waals surface area contributed by atoms with Crippen LogP contribution in [0.5, 0.6) is 11.5 Å². The summed E-state index contributed by atoms with van der Waals surface area (Å²) in [6.07, 6.45) is 0. The van der Waals surface area contributed by atoms with Gasteiger partial charge in [0, 0.05) is 39.0 Å². The van der Waals surface area contributed by atoms with Crippen molar-refractivity contribution in [3.05, 3.63) is 91.0 Å². The SMILES string of the molecule is O=C(Nc1ccc2c(O)cc(S(=O)(=O)O)cc2c1)Nc1ccc2c(O)c(N=Nc3ccc(S(=O)(=O)O)c4ccccc34)c(S(=O)(=O)O)cc2c1. The Morgan fingerprint density at radius 1 is 0.560 bits per heavy atom. The van der Waals surface area contributed by atoms with Gasteiger partial charge in [0.15, 0.2) is 5.75 Å². The smallest absolute Gasteiger partial charge is 0.323 e. The van der Waals surface area contributed by atoms with E-state index in [0.717, 1.165) is 24.3 Å². The lowest BCUT2D eigenvalue weighted by molar-refractivity contribution is 0.262. The predicted octanol–water partition coefficient (Wildman–Crippen LogP) is 6.36. The largest absolute Gasteiger partial charge is 0.507 e. The third kappa shape index (κ3) is 6.76. The molecule has 0 aliphatic heterocycles. The highest BCUT2D eigenvalue weighted by atomic mass is 32.2. The first-order valence-corrected chi connectivity index (χ1v) is 18.2. The molecule has 256 valence electrons. The zero-order valence-corrected chi connectivity index (χ0v) is 27.3. The Morgan fingerprint density at radius 3 is 1.74 bits per heavy atom. The number of hydrogen-bond donors (Lipinski definition) is 7. The molecule has 19 heteroatoms. The van der Waals surface area contributed by atoms with Gasteiger partial charge >= 0.3 is 6.03 Å². The lowest BCUT2D eigenvalue weighted by atomic mass is 10.1. The van der Waals surface area contributed by atoms with E-state index in [-0.39, 0.29) is 49.4 Å². The van der Waals surface area contributed by atoms with E-state index in [1.807, 2.05) is 0 Å². The van der Waals surface area contributed by atoms with Crippen LogP contribution < -0.4 is 10.6 Å². The topological polar surface area (TPSA) is 269 Å². The van der Waals surface area contributed by atoms with Crippen LogP contribution in [0.15, 0.2) is 116 Å². The van der Waals surface area contributed by atoms with Crippen LogP contribution in [0.25, 0.3) is 32.3 Å². The zero-order valence-electron chi connectivity index (χ0n) is 24.9. The number of phenolic OH excluding ortho intramolecular Hbond substituents is 2. The molecular formula is C31H22N4O12S3. The first-order chi connectivity index (χ1) is 23.4. The molecule has 6 rings (SSSR count). The number of fused-ring (bicyclic) bond motifs is 3. The van der Waals surface area contributed by atoms with Crippen molar-refractivity contribution in [1.82, 2.24) is 0 Å². The minimum absolute atomic E-state index is 0.0430. The van der Waals surface area contributed by atoms with E-state index in [4.69, 9.17) is 0 Å². The molecule has 6 aromatic carbocycles. The van der Waals surface area contributed by atoms with E-state index in [2.05, 4.69) is 20.9 Å². The Balaban J connectivity index is 1.32. The molecule has 0 radical (unpaired) electrons. The maximum absolute atomic E-state index is 12.8. The van der Waals surface area contributed by atoms with Crippen LogP contribution in [0.4, 0.5) is 27.5 Å². The monoisotopic (exact) mass is 738 g/mol. The van der Waals surface area contributed by atoms with Crippen LogP contribution in [-0.2, 0) is 30.4 Å². The third-order valence-corrected chi connectivity index (χ3v) is 10.1. The van der Waals surface area contributed by atoms with Crippen LogP contribution in [0.1, 0.15) is 0 Å². The molecular weight excluding hydrogens is 717 g/mol. The Morgan fingerprint density at radius 2 is 1.14 bits per heavy atom. The van der Waals surface area contributed by atoms with E-state index in [9.17, 15) is 53.9 Å². The number of phenols is 2. The summed E-state index contributed by atoms with van der Waals surface area (Å²) in [6, 6.07) is 18.6. The highest BCUT2D eigenvalue weighted by Crippen LogP contribution is 2.43. The number of amides is 2. The van der Waals surface area contributed by atoms with E-state index < -0.39 is 68.3 Å². The third-order valence-electron chi connectivity index (χ3n) is 7.44. The minimum Gasteiger partial charge on any atom is -0.507 e. The van der Waals surface area contributed by atoms with Crippen LogP contribution in [0.3, 0.4) is 0 Å². The maximum atomic E-state index is 12.8. The summed E-state index contributed by atoms with van der Waals surface area (Å²) in [5.41, 5.74) is -0.311. The Kier molecular flexibility index (Phi) is 8.42. The van der Waals surface area contributed by atoms with Crippen molar-refractivity contribution in [3.8, 4) is 11.5 Å². The fourth-order valence-corrected chi connectivity index (χ4v) is 7.13. The normalized spacial score (nSPS) is 12.5. The van der Waals surface area contributed by atoms with E-state index in [1.165, 1.54) is 60.7 Å². The summed E-state index contributed by atoms with van der Waals surface area (Å²) in [7, 11) is -14.3. The van der Waals surface area contributed by atoms with E-state index in [1.54, 1.807) is 6.07 Å². The van der Waals surface area contributed by atoms with E-state index >= 15 is 0 Å². The molecule has 0 saturated heterocycles. The molecule has 0 fully saturated rings. The summed E-state index contributed by atoms with van der Waals surface area (Å²) < 4.78 is 100. The number of urea groups is 1. The Hall–Kier alpha value is -5.70. The number of carbonyl (C=O) groups is 1. The average molecular weight is 739 g/mol. The molecule has 0 aromatic heterocycles. The van der Waals surface area contributed by atoms with Gasteiger partial charge < -0.3 is 20.8 Å². The average Bonchev–Trinajstić information content (AvgIpc) is 3.02. The van der Waals surface area contributed by atoms with Gasteiger partial charge in [-0.05, 0) is 71.4 Å². The van der Waals surface area contributed by atoms with Crippen LogP contribution in [-0.4, -0.2) is 55.2 Å². The van der Waals surface area contributed by atoms with Gasteiger partial charge in [-0.1, -0.05) is 24.3 Å². The summed E-state index contributed by atoms with van der Waals surface area (Å²) in [5.74, 6) is -1.11. The van der Waals surface area contributed by atoms with Gasteiger partial charge in [0.05, 0.1) is 10.6 Å². The van der Waals surface area contributed by atoms with Gasteiger partial charge in [-0.25, -0.2) is 4.79 Å². The minimum atomic E-state index is -5.03. The number of nitrogens with zero attached hydrogens (tertiary/aromatic N) is 2. The van der Waals surface area contributed by atoms with Gasteiger partial charge in [0.2, 0.25) is 0 Å². The lowest BCUT2D eigenvalue weighted by Gasteiger charge is -2.12. The number of hydrogen-bond acceptors (Lipinski definition) is 11. The van der Waals surface area contributed by atoms with Gasteiger partial charge in [-0.2, -0.15) is 25.3 Å². The quantitative estimate of drug-likeness (QED) is 0.0697. The van der Waals surface area contributed by atoms with E-state index in [0.29, 0.717) is 0 Å². The van der Waals surface area contributed by atoms with Crippen LogP contribution >= 0.6 is 0 Å². The van der Waals surface area contributed by atoms with Crippen molar-refractivity contribution in [2.75, 3.05) is 10.6 Å². The van der Waals surface area contributed by atoms with Gasteiger partial charge in [0.25, 0.3) is 30.4 Å². The predicted molar refractivity (Wildman–Crippen MR) is 181 cm³/mol. The molecule has 6 aromatic rings. The van der Waals surface area contributed by atoms with Gasteiger partial charge in [-0.3, -0.25) is 13.7 Å². The molecule has 0 aliphatic carbocycles. The van der Waals surface area contributed by atoms with Crippen molar-refractivity contribution in [3.63, 3.8) is 0 Å². The Bertz CT molecular complexity index is 2790. The molecule has 7 N–H and O–H groups in total. The summed E-state index contributed by atoms with van der Waals surface area (Å²) in [4.78, 5) is 11.0. The second-order valence-corrected chi connectivity index (χ2v) is 14.9. The molecule has 50 heavy (non-hydrogen) atoms. The second-order valence-electron chi connectivity index (χ2n) is 10.7. The first-order valence-electron chi connectivity index (χ1n) is 13.9. The van der Waals surface area contributed by atoms with Crippen LogP contribution in [0.2, 0.25) is 0 Å². The number of rotatable bonds is 7. The first kappa shape index (κ1) is 34.2. The van der Waals surface area contributed by atoms with Crippen molar-refractivity contribution >= 4 is 91.5 Å². The van der Waals surface area contributed by atoms with Crippen molar-refractivity contribution in [1.29, 1.82) is 0 Å². The van der Waals surface area contributed by atoms with Gasteiger partial charge in [0.1, 0.15) is 21.2 Å². The number of benzene rings is 6. The maximum Gasteiger partial charge on any atom is 0.323 e. The van der Waals surface area contributed by atoms with Crippen LogP contribution in [0, 0.1) is 0 Å². The highest BCUT2D eigenvalue weighted by molar-refractivity contribution is 7.86. The second kappa shape index (κ2) is 12.3. The fraction of sp³-hybridized carbons (Fsp3) is 0. The summed E-state index contributed by atoms with van der Waals surface area (Å²) in [6.45, 7) is 0. The number of carbonyl (C=O) groups excluding carboxylic acids is 1. The highest BCUT2D eigenvalue weighted by Gasteiger charge is 2.23. The van der Waals surface area contributed by atoms with Gasteiger partial charge in [-0.15, -0.1) is 10.2 Å². The van der Waals surface area contributed by atoms with Crippen molar-refractivity contribution < 1.29 is 53.9 Å². The number of anilines is 2. The molecule has 0 bridgehead atoms. The zero-order chi connectivity index (χ0) is 36.2. The Labute approximate surface area is 282 Å². The molecule has 2 amide bonds. The standard InChI is InChI=1S/C31H22N4O12S3/c36-26-15-20(48(39,40)41)13-16-11-18(5-7-21(16)26)32-31(38)33-19-6-8-22-17(12-19)14-28(50(45,46)47)29(30(22)37)35-34-25-9-10-27(49(42,43)44)24-4-2-1-3-23(24)25/h1-15,36-37H,(H2,32,33,38)(H,39,40,41)(H,42,43,44)(H,45,46,47). The molecule has 0 unspecified atom stereocenters. The molecule has 0 heterocycles. The summed E-state index contributed by atoms with van der Waals surface area (Å²) in [5, 5.41) is 35.0. The molecule has 0 aliphatic rings. The number of azo groups is 1. The molecule has 16 nitrogen and oxygen atoms in total. The molecule has 0 spiro atoms. The summed E-state index contributed by atoms with van der Waals surface area (Å²) >= 11 is 0. The molecule has 0 saturated carbocycles. The number of aromatic hydroxyl groups is 2. The molecule has 0 atom stereocenters. The van der Waals surface area contributed by atoms with Crippen molar-refractivity contribution in [2.45, 2.75) is 14.7 Å².